The molecule has 0 aliphatic carbocycles. The molecule has 0 aliphatic rings. The van der Waals surface area contributed by atoms with Crippen molar-refractivity contribution in [2.75, 3.05) is 17.7 Å². The largest absolute Gasteiger partial charge is 0.497 e. The smallest absolute Gasteiger partial charge is 0.257 e. The zero-order valence-electron chi connectivity index (χ0n) is 17.6. The van der Waals surface area contributed by atoms with Gasteiger partial charge in [-0.1, -0.05) is 6.07 Å². The Bertz CT molecular complexity index is 1310. The third-order valence-electron chi connectivity index (χ3n) is 5.13. The molecule has 0 radical (unpaired) electrons. The van der Waals surface area contributed by atoms with Gasteiger partial charge < -0.3 is 14.6 Å². The maximum Gasteiger partial charge on any atom is 0.257 e. The Morgan fingerprint density at radius 3 is 2.68 bits per heavy atom. The Morgan fingerprint density at radius 2 is 1.94 bits per heavy atom. The van der Waals surface area contributed by atoms with E-state index in [1.54, 1.807) is 31.4 Å². The van der Waals surface area contributed by atoms with Gasteiger partial charge in [-0.3, -0.25) is 14.9 Å². The summed E-state index contributed by atoms with van der Waals surface area (Å²) in [7, 11) is 3.67. The summed E-state index contributed by atoms with van der Waals surface area (Å²) in [4.78, 5) is 28.6. The molecule has 0 unspecified atom stereocenters. The summed E-state index contributed by atoms with van der Waals surface area (Å²) in [6.07, 6.45) is 0. The van der Waals surface area contributed by atoms with Crippen LogP contribution in [0, 0.1) is 6.92 Å². The molecular formula is C23H22N4O3S. The van der Waals surface area contributed by atoms with Crippen molar-refractivity contribution in [2.45, 2.75) is 13.8 Å². The molecule has 31 heavy (non-hydrogen) atoms. The van der Waals surface area contributed by atoms with Crippen LogP contribution in [0.1, 0.15) is 23.0 Å². The summed E-state index contributed by atoms with van der Waals surface area (Å²) in [6, 6.07) is 12.7. The first-order valence-electron chi connectivity index (χ1n) is 9.65. The molecule has 7 nitrogen and oxygen atoms in total. The Labute approximate surface area is 183 Å². The van der Waals surface area contributed by atoms with Gasteiger partial charge in [0.1, 0.15) is 5.75 Å². The number of anilines is 2. The van der Waals surface area contributed by atoms with Crippen molar-refractivity contribution in [3.63, 3.8) is 0 Å². The van der Waals surface area contributed by atoms with E-state index in [2.05, 4.69) is 20.2 Å². The number of amides is 2. The molecule has 0 aliphatic heterocycles. The zero-order chi connectivity index (χ0) is 22.1. The fraction of sp³-hybridized carbons (Fsp3) is 0.174. The van der Waals surface area contributed by atoms with Gasteiger partial charge in [-0.05, 0) is 43.3 Å². The maximum absolute atomic E-state index is 12.7. The average Bonchev–Trinajstić information content (AvgIpc) is 3.29. The third-order valence-corrected chi connectivity index (χ3v) is 5.88. The predicted octanol–water partition coefficient (Wildman–Crippen LogP) is 4.83. The Morgan fingerprint density at radius 1 is 1.13 bits per heavy atom. The van der Waals surface area contributed by atoms with E-state index in [-0.39, 0.29) is 11.8 Å². The monoisotopic (exact) mass is 434 g/mol. The minimum absolute atomic E-state index is 0.191. The van der Waals surface area contributed by atoms with Gasteiger partial charge in [-0.25, -0.2) is 4.98 Å². The summed E-state index contributed by atoms with van der Waals surface area (Å²) in [6.45, 7) is 3.47. The average molecular weight is 435 g/mol. The van der Waals surface area contributed by atoms with Gasteiger partial charge in [-0.15, -0.1) is 11.3 Å². The summed E-state index contributed by atoms with van der Waals surface area (Å²) in [5, 5.41) is 9.02. The van der Waals surface area contributed by atoms with Crippen molar-refractivity contribution < 1.29 is 14.3 Å². The lowest BCUT2D eigenvalue weighted by Gasteiger charge is -2.05. The van der Waals surface area contributed by atoms with Crippen LogP contribution in [0.3, 0.4) is 0 Å². The Kier molecular flexibility index (Phi) is 5.48. The van der Waals surface area contributed by atoms with Crippen molar-refractivity contribution in [1.82, 2.24) is 9.55 Å². The minimum atomic E-state index is -0.288. The first-order chi connectivity index (χ1) is 14.9. The fourth-order valence-corrected chi connectivity index (χ4v) is 4.25. The number of ether oxygens (including phenoxy) is 1. The number of benzene rings is 2. The van der Waals surface area contributed by atoms with Gasteiger partial charge in [0.25, 0.3) is 5.91 Å². The van der Waals surface area contributed by atoms with Crippen LogP contribution in [0.5, 0.6) is 5.75 Å². The summed E-state index contributed by atoms with van der Waals surface area (Å²) < 4.78 is 7.51. The number of fused-ring (bicyclic) bond motifs is 1. The highest BCUT2D eigenvalue weighted by Crippen LogP contribution is 2.37. The lowest BCUT2D eigenvalue weighted by molar-refractivity contribution is -0.114. The number of carbonyl (C=O) groups is 2. The van der Waals surface area contributed by atoms with E-state index < -0.39 is 0 Å². The zero-order valence-corrected chi connectivity index (χ0v) is 18.5. The van der Waals surface area contributed by atoms with E-state index in [1.165, 1.54) is 18.3 Å². The molecule has 0 bridgehead atoms. The van der Waals surface area contributed by atoms with Gasteiger partial charge in [0.15, 0.2) is 5.13 Å². The predicted molar refractivity (Wildman–Crippen MR) is 124 cm³/mol. The number of hydrogen-bond donors (Lipinski definition) is 2. The Balaban J connectivity index is 1.63. The number of rotatable bonds is 5. The molecule has 2 N–H and O–H groups in total. The molecule has 4 rings (SSSR count). The van der Waals surface area contributed by atoms with Crippen molar-refractivity contribution >= 4 is 44.9 Å². The van der Waals surface area contributed by atoms with Crippen LogP contribution in [-0.2, 0) is 11.8 Å². The van der Waals surface area contributed by atoms with Gasteiger partial charge in [0.2, 0.25) is 5.91 Å². The van der Waals surface area contributed by atoms with Crippen molar-refractivity contribution in [1.29, 1.82) is 0 Å². The molecule has 0 spiro atoms. The standard InChI is InChI=1S/C23H22N4O3S/c1-13-21(18-11-17(30-4)8-9-20(18)27(13)3)19-12-31-23(25-19)26-22(29)15-6-5-7-16(10-15)24-14(2)28/h5-12H,1-4H3,(H,24,28)(H,25,26,29). The number of nitrogens with zero attached hydrogens (tertiary/aromatic N) is 2. The number of hydrogen-bond acceptors (Lipinski definition) is 5. The molecule has 2 aromatic carbocycles. The summed E-state index contributed by atoms with van der Waals surface area (Å²) in [5.74, 6) is 0.302. The van der Waals surface area contributed by atoms with Crippen LogP contribution in [0.25, 0.3) is 22.2 Å². The lowest BCUT2D eigenvalue weighted by Crippen LogP contribution is -2.13. The number of aromatic nitrogens is 2. The minimum Gasteiger partial charge on any atom is -0.497 e. The summed E-state index contributed by atoms with van der Waals surface area (Å²) >= 11 is 1.37. The molecule has 0 saturated heterocycles. The highest BCUT2D eigenvalue weighted by Gasteiger charge is 2.18. The fourth-order valence-electron chi connectivity index (χ4n) is 3.56. The molecule has 4 aromatic rings. The number of carbonyl (C=O) groups excluding carboxylic acids is 2. The normalized spacial score (nSPS) is 10.8. The SMILES string of the molecule is COc1ccc2c(c1)c(-c1csc(NC(=O)c3cccc(NC(C)=O)c3)n1)c(C)n2C. The quantitative estimate of drug-likeness (QED) is 0.471. The molecule has 0 fully saturated rings. The van der Waals surface area contributed by atoms with Gasteiger partial charge in [0, 0.05) is 52.8 Å². The van der Waals surface area contributed by atoms with Crippen LogP contribution < -0.4 is 15.4 Å². The Hall–Kier alpha value is -3.65. The van der Waals surface area contributed by atoms with Crippen LogP contribution in [0.4, 0.5) is 10.8 Å². The second-order valence-corrected chi connectivity index (χ2v) is 8.01. The van der Waals surface area contributed by atoms with Crippen molar-refractivity contribution in [2.24, 2.45) is 7.05 Å². The lowest BCUT2D eigenvalue weighted by atomic mass is 10.1. The highest BCUT2D eigenvalue weighted by atomic mass is 32.1. The summed E-state index contributed by atoms with van der Waals surface area (Å²) in [5.41, 5.74) is 4.98. The number of aryl methyl sites for hydroxylation is 1. The first kappa shape index (κ1) is 20.6. The molecule has 2 heterocycles. The van der Waals surface area contributed by atoms with Crippen LogP contribution in [-0.4, -0.2) is 28.5 Å². The molecule has 8 heteroatoms. The number of methoxy groups -OCH3 is 1. The highest BCUT2D eigenvalue weighted by molar-refractivity contribution is 7.14. The van der Waals surface area contributed by atoms with E-state index in [1.807, 2.05) is 37.6 Å². The van der Waals surface area contributed by atoms with Crippen molar-refractivity contribution in [3.8, 4) is 17.0 Å². The van der Waals surface area contributed by atoms with E-state index in [0.29, 0.717) is 16.4 Å². The maximum atomic E-state index is 12.7. The van der Waals surface area contributed by atoms with E-state index in [4.69, 9.17) is 4.74 Å². The van der Waals surface area contributed by atoms with Gasteiger partial charge in [0.05, 0.1) is 12.8 Å². The second-order valence-electron chi connectivity index (χ2n) is 7.16. The van der Waals surface area contributed by atoms with Crippen molar-refractivity contribution in [3.05, 3.63) is 59.1 Å². The van der Waals surface area contributed by atoms with Gasteiger partial charge in [-0.2, -0.15) is 0 Å². The van der Waals surface area contributed by atoms with Gasteiger partial charge >= 0.3 is 0 Å². The van der Waals surface area contributed by atoms with E-state index in [9.17, 15) is 9.59 Å². The molecular weight excluding hydrogens is 412 g/mol. The van der Waals surface area contributed by atoms with E-state index >= 15 is 0 Å². The first-order valence-corrected chi connectivity index (χ1v) is 10.5. The molecule has 2 aromatic heterocycles. The van der Waals surface area contributed by atoms with Crippen LogP contribution in [0.2, 0.25) is 0 Å². The topological polar surface area (TPSA) is 85.2 Å². The van der Waals surface area contributed by atoms with Crippen LogP contribution >= 0.6 is 11.3 Å². The number of thiazole rings is 1. The van der Waals surface area contributed by atoms with E-state index in [0.717, 1.165) is 33.6 Å². The molecule has 0 saturated carbocycles. The third kappa shape index (κ3) is 4.02. The number of nitrogens with one attached hydrogen (secondary N) is 2. The molecule has 0 atom stereocenters. The molecule has 158 valence electrons. The van der Waals surface area contributed by atoms with Crippen LogP contribution in [0.15, 0.2) is 47.8 Å². The second kappa shape index (κ2) is 8.23. The molecule has 2 amide bonds.